The van der Waals surface area contributed by atoms with Crippen LogP contribution < -0.4 is 15.1 Å². The van der Waals surface area contributed by atoms with Crippen LogP contribution in [0, 0.1) is 0 Å². The van der Waals surface area contributed by atoms with Crippen molar-refractivity contribution in [2.24, 2.45) is 0 Å². The van der Waals surface area contributed by atoms with E-state index in [9.17, 15) is 4.79 Å². The number of fused-ring (bicyclic) bond motifs is 1. The summed E-state index contributed by atoms with van der Waals surface area (Å²) in [5, 5.41) is 3.27. The van der Waals surface area contributed by atoms with Gasteiger partial charge in [0.1, 0.15) is 6.54 Å². The minimum atomic E-state index is 0.165. The highest BCUT2D eigenvalue weighted by Gasteiger charge is 2.25. The molecule has 1 fully saturated rings. The molecule has 136 valence electrons. The topological polar surface area (TPSA) is 36.8 Å². The van der Waals surface area contributed by atoms with E-state index in [1.165, 1.54) is 16.8 Å². The van der Waals surface area contributed by atoms with Gasteiger partial charge in [0.25, 0.3) is 0 Å². The molecule has 0 radical (unpaired) electrons. The van der Waals surface area contributed by atoms with Gasteiger partial charge < -0.3 is 15.1 Å². The number of nitrogens with zero attached hydrogens (tertiary/aromatic N) is 1. The Morgan fingerprint density at radius 1 is 1.04 bits per heavy atom. The van der Waals surface area contributed by atoms with Crippen LogP contribution in [0.1, 0.15) is 24.0 Å². The summed E-state index contributed by atoms with van der Waals surface area (Å²) in [5.41, 5.74) is 3.99. The normalized spacial score (nSPS) is 22.1. The summed E-state index contributed by atoms with van der Waals surface area (Å²) in [6.45, 7) is 4.78. The van der Waals surface area contributed by atoms with Crippen molar-refractivity contribution in [3.63, 3.8) is 0 Å². The number of rotatable bonds is 5. The van der Waals surface area contributed by atoms with Gasteiger partial charge in [0, 0.05) is 36.7 Å². The van der Waals surface area contributed by atoms with Crippen LogP contribution in [0.25, 0.3) is 0 Å². The Labute approximate surface area is 155 Å². The first-order valence-electron chi connectivity index (χ1n) is 9.77. The minimum Gasteiger partial charge on any atom is -0.362 e. The molecule has 2 aromatic carbocycles. The number of hydrogen-bond acceptors (Lipinski definition) is 2. The molecular weight excluding hydrogens is 322 g/mol. The van der Waals surface area contributed by atoms with Crippen LogP contribution >= 0.6 is 0 Å². The third-order valence-electron chi connectivity index (χ3n) is 5.67. The lowest BCUT2D eigenvalue weighted by atomic mass is 10.0. The Bertz CT molecular complexity index is 738. The van der Waals surface area contributed by atoms with Crippen molar-refractivity contribution in [2.75, 3.05) is 31.1 Å². The van der Waals surface area contributed by atoms with Crippen molar-refractivity contribution in [1.29, 1.82) is 0 Å². The van der Waals surface area contributed by atoms with E-state index in [0.717, 1.165) is 45.4 Å². The van der Waals surface area contributed by atoms with E-state index in [-0.39, 0.29) is 5.91 Å². The molecule has 2 aromatic rings. The van der Waals surface area contributed by atoms with Crippen LogP contribution in [0.2, 0.25) is 0 Å². The maximum absolute atomic E-state index is 12.5. The van der Waals surface area contributed by atoms with Gasteiger partial charge >= 0.3 is 0 Å². The predicted molar refractivity (Wildman–Crippen MR) is 104 cm³/mol. The maximum Gasteiger partial charge on any atom is 0.239 e. The number of carbonyl (C=O) groups excluding carboxylic acids is 1. The van der Waals surface area contributed by atoms with Crippen LogP contribution in [-0.2, 0) is 17.8 Å². The number of piperidine rings is 1. The summed E-state index contributed by atoms with van der Waals surface area (Å²) in [4.78, 5) is 16.3. The molecule has 0 bridgehead atoms. The number of quaternary nitrogens is 1. The second-order valence-electron chi connectivity index (χ2n) is 7.55. The third-order valence-corrected chi connectivity index (χ3v) is 5.67. The van der Waals surface area contributed by atoms with Crippen LogP contribution in [0.5, 0.6) is 0 Å². The molecule has 4 heteroatoms. The number of anilines is 1. The molecule has 2 N–H and O–H groups in total. The average molecular weight is 350 g/mol. The molecule has 1 amide bonds. The molecule has 0 atom stereocenters. The minimum absolute atomic E-state index is 0.165. The predicted octanol–water partition coefficient (Wildman–Crippen LogP) is 1.41. The molecule has 2 aliphatic heterocycles. The van der Waals surface area contributed by atoms with Crippen molar-refractivity contribution < 1.29 is 9.69 Å². The smallest absolute Gasteiger partial charge is 0.239 e. The fourth-order valence-electron chi connectivity index (χ4n) is 4.25. The van der Waals surface area contributed by atoms with Crippen LogP contribution in [0.4, 0.5) is 5.69 Å². The highest BCUT2D eigenvalue weighted by Crippen LogP contribution is 2.26. The van der Waals surface area contributed by atoms with E-state index < -0.39 is 0 Å². The fourth-order valence-corrected chi connectivity index (χ4v) is 4.25. The van der Waals surface area contributed by atoms with Gasteiger partial charge in [-0.2, -0.15) is 0 Å². The Kier molecular flexibility index (Phi) is 5.21. The molecule has 2 aliphatic rings. The van der Waals surface area contributed by atoms with Crippen LogP contribution in [0.15, 0.2) is 54.6 Å². The number of likely N-dealkylation sites (tertiary alicyclic amines) is 1. The Morgan fingerprint density at radius 3 is 2.58 bits per heavy atom. The second kappa shape index (κ2) is 7.92. The monoisotopic (exact) mass is 350 g/mol. The van der Waals surface area contributed by atoms with E-state index in [0.29, 0.717) is 12.6 Å². The van der Waals surface area contributed by atoms with Gasteiger partial charge in [-0.05, 0) is 18.1 Å². The SMILES string of the molecule is O=C(CN1CCc2ccccc21)NC1CC[NH+](Cc2ccccc2)CC1. The molecule has 1 saturated heterocycles. The first-order chi connectivity index (χ1) is 12.8. The first kappa shape index (κ1) is 17.1. The number of benzene rings is 2. The lowest BCUT2D eigenvalue weighted by Gasteiger charge is -2.30. The molecule has 0 aromatic heterocycles. The third kappa shape index (κ3) is 4.07. The number of para-hydroxylation sites is 1. The highest BCUT2D eigenvalue weighted by atomic mass is 16.2. The van der Waals surface area contributed by atoms with Crippen molar-refractivity contribution in [1.82, 2.24) is 5.32 Å². The van der Waals surface area contributed by atoms with E-state index in [4.69, 9.17) is 0 Å². The molecule has 4 nitrogen and oxygen atoms in total. The van der Waals surface area contributed by atoms with Gasteiger partial charge in [0.2, 0.25) is 5.91 Å². The van der Waals surface area contributed by atoms with Crippen molar-refractivity contribution in [3.8, 4) is 0 Å². The quantitative estimate of drug-likeness (QED) is 0.856. The molecule has 0 unspecified atom stereocenters. The fraction of sp³-hybridized carbons (Fsp3) is 0.409. The van der Waals surface area contributed by atoms with Gasteiger partial charge in [0.05, 0.1) is 19.6 Å². The standard InChI is InChI=1S/C22H27N3O/c26-22(17-25-15-10-19-8-4-5-9-21(19)25)23-20-11-13-24(14-12-20)16-18-6-2-1-3-7-18/h1-9,20H,10-17H2,(H,23,26)/p+1. The summed E-state index contributed by atoms with van der Waals surface area (Å²) in [7, 11) is 0. The summed E-state index contributed by atoms with van der Waals surface area (Å²) >= 11 is 0. The average Bonchev–Trinajstić information content (AvgIpc) is 3.07. The summed E-state index contributed by atoms with van der Waals surface area (Å²) in [5.74, 6) is 0.165. The number of amides is 1. The molecule has 0 spiro atoms. The van der Waals surface area contributed by atoms with Crippen molar-refractivity contribution in [3.05, 3.63) is 65.7 Å². The molecular formula is C22H28N3O+. The number of carbonyl (C=O) groups is 1. The zero-order valence-electron chi connectivity index (χ0n) is 15.3. The Balaban J connectivity index is 1.23. The van der Waals surface area contributed by atoms with Crippen molar-refractivity contribution in [2.45, 2.75) is 31.8 Å². The van der Waals surface area contributed by atoms with Gasteiger partial charge in [-0.3, -0.25) is 4.79 Å². The first-order valence-corrected chi connectivity index (χ1v) is 9.77. The van der Waals surface area contributed by atoms with Gasteiger partial charge in [-0.1, -0.05) is 48.5 Å². The maximum atomic E-state index is 12.5. The zero-order chi connectivity index (χ0) is 17.8. The van der Waals surface area contributed by atoms with Crippen LogP contribution in [0.3, 0.4) is 0 Å². The molecule has 2 heterocycles. The lowest BCUT2D eigenvalue weighted by molar-refractivity contribution is -0.918. The van der Waals surface area contributed by atoms with Crippen molar-refractivity contribution >= 4 is 11.6 Å². The molecule has 4 rings (SSSR count). The summed E-state index contributed by atoms with van der Waals surface area (Å²) in [6, 6.07) is 19.5. The van der Waals surface area contributed by atoms with Gasteiger partial charge in [-0.25, -0.2) is 0 Å². The van der Waals surface area contributed by atoms with E-state index in [2.05, 4.69) is 64.8 Å². The van der Waals surface area contributed by atoms with Gasteiger partial charge in [0.15, 0.2) is 0 Å². The van der Waals surface area contributed by atoms with E-state index in [1.807, 2.05) is 0 Å². The van der Waals surface area contributed by atoms with E-state index >= 15 is 0 Å². The lowest BCUT2D eigenvalue weighted by Crippen LogP contribution is -3.12. The molecule has 26 heavy (non-hydrogen) atoms. The van der Waals surface area contributed by atoms with Crippen LogP contribution in [-0.4, -0.2) is 38.1 Å². The Hall–Kier alpha value is -2.33. The van der Waals surface area contributed by atoms with Gasteiger partial charge in [-0.15, -0.1) is 0 Å². The highest BCUT2D eigenvalue weighted by molar-refractivity contribution is 5.82. The summed E-state index contributed by atoms with van der Waals surface area (Å²) < 4.78 is 0. The Morgan fingerprint density at radius 2 is 1.77 bits per heavy atom. The largest absolute Gasteiger partial charge is 0.362 e. The zero-order valence-corrected chi connectivity index (χ0v) is 15.3. The van der Waals surface area contributed by atoms with E-state index in [1.54, 1.807) is 4.90 Å². The second-order valence-corrected chi connectivity index (χ2v) is 7.55. The molecule has 0 saturated carbocycles. The summed E-state index contributed by atoms with van der Waals surface area (Å²) in [6.07, 6.45) is 3.19. The molecule has 0 aliphatic carbocycles. The number of hydrogen-bond donors (Lipinski definition) is 2. The number of nitrogens with one attached hydrogen (secondary N) is 2.